The first-order valence-electron chi connectivity index (χ1n) is 11.5. The highest BCUT2D eigenvalue weighted by molar-refractivity contribution is 5.79. The van der Waals surface area contributed by atoms with Gasteiger partial charge in [-0.25, -0.2) is 0 Å². The minimum absolute atomic E-state index is 0.207. The lowest BCUT2D eigenvalue weighted by Gasteiger charge is -2.18. The van der Waals surface area contributed by atoms with Crippen LogP contribution in [0.25, 0.3) is 0 Å². The van der Waals surface area contributed by atoms with Crippen LogP contribution in [-0.2, 0) is 17.8 Å². The summed E-state index contributed by atoms with van der Waals surface area (Å²) < 4.78 is 11.8. The van der Waals surface area contributed by atoms with E-state index in [9.17, 15) is 0 Å². The molecule has 2 aromatic carbocycles. The summed E-state index contributed by atoms with van der Waals surface area (Å²) in [5.41, 5.74) is 4.78. The first kappa shape index (κ1) is 22.2. The number of hydrogen-bond donors (Lipinski definition) is 2. The second-order valence-corrected chi connectivity index (χ2v) is 8.38. The number of nitrogens with zero attached hydrogens (tertiary/aromatic N) is 2. The fourth-order valence-corrected chi connectivity index (χ4v) is 4.00. The standard InChI is InChI=1S/C26H34N4O2/c1-20-7-10-22(25(16-20)32-19-24-6-5-15-31-24)18-29-26(27-2)28-17-21-8-11-23(12-9-21)30-13-3-4-14-30/h3-4,7-12,16,24H,5-6,13-15,17-19H2,1-2H3,(H2,27,28,29). The van der Waals surface area contributed by atoms with Crippen molar-refractivity contribution in [2.75, 3.05) is 38.3 Å². The van der Waals surface area contributed by atoms with Gasteiger partial charge in [-0.2, -0.15) is 0 Å². The average molecular weight is 435 g/mol. The molecule has 1 fully saturated rings. The zero-order valence-electron chi connectivity index (χ0n) is 19.1. The number of ether oxygens (including phenoxy) is 2. The minimum atomic E-state index is 0.207. The number of aryl methyl sites for hydroxylation is 1. The van der Waals surface area contributed by atoms with Crippen LogP contribution in [0.5, 0.6) is 5.75 Å². The third-order valence-corrected chi connectivity index (χ3v) is 5.92. The predicted octanol–water partition coefficient (Wildman–Crippen LogP) is 3.79. The van der Waals surface area contributed by atoms with E-state index in [1.54, 1.807) is 7.05 Å². The molecule has 2 aliphatic heterocycles. The molecule has 1 saturated heterocycles. The van der Waals surface area contributed by atoms with Crippen molar-refractivity contribution in [1.82, 2.24) is 10.6 Å². The summed E-state index contributed by atoms with van der Waals surface area (Å²) in [6.45, 7) is 6.88. The molecular formula is C26H34N4O2. The van der Waals surface area contributed by atoms with Gasteiger partial charge in [-0.05, 0) is 49.1 Å². The number of aliphatic imine (C=N–C) groups is 1. The number of anilines is 1. The second kappa shape index (κ2) is 11.0. The van der Waals surface area contributed by atoms with Crippen molar-refractivity contribution < 1.29 is 9.47 Å². The van der Waals surface area contributed by atoms with E-state index in [1.165, 1.54) is 16.8 Å². The molecule has 170 valence electrons. The molecule has 4 rings (SSSR count). The number of hydrogen-bond acceptors (Lipinski definition) is 4. The van der Waals surface area contributed by atoms with E-state index in [-0.39, 0.29) is 6.10 Å². The normalized spacial score (nSPS) is 18.2. The maximum absolute atomic E-state index is 6.12. The number of nitrogens with one attached hydrogen (secondary N) is 2. The van der Waals surface area contributed by atoms with Gasteiger partial charge >= 0.3 is 0 Å². The molecule has 0 saturated carbocycles. The third-order valence-electron chi connectivity index (χ3n) is 5.92. The molecule has 0 aliphatic carbocycles. The molecule has 2 N–H and O–H groups in total. The molecule has 2 heterocycles. The monoisotopic (exact) mass is 434 g/mol. The lowest BCUT2D eigenvalue weighted by Crippen LogP contribution is -2.36. The summed E-state index contributed by atoms with van der Waals surface area (Å²) >= 11 is 0. The lowest BCUT2D eigenvalue weighted by molar-refractivity contribution is 0.0676. The smallest absolute Gasteiger partial charge is 0.191 e. The minimum Gasteiger partial charge on any atom is -0.491 e. The summed E-state index contributed by atoms with van der Waals surface area (Å²) in [5, 5.41) is 6.82. The van der Waals surface area contributed by atoms with Crippen LogP contribution in [-0.4, -0.2) is 45.4 Å². The first-order chi connectivity index (χ1) is 15.7. The second-order valence-electron chi connectivity index (χ2n) is 8.38. The van der Waals surface area contributed by atoms with Gasteiger partial charge in [0, 0.05) is 51.1 Å². The molecule has 1 unspecified atom stereocenters. The molecule has 0 radical (unpaired) electrons. The molecule has 0 amide bonds. The van der Waals surface area contributed by atoms with E-state index in [0.29, 0.717) is 19.7 Å². The van der Waals surface area contributed by atoms with E-state index in [2.05, 4.69) is 82.1 Å². The zero-order valence-corrected chi connectivity index (χ0v) is 19.1. The van der Waals surface area contributed by atoms with Crippen LogP contribution in [0.1, 0.15) is 29.5 Å². The van der Waals surface area contributed by atoms with E-state index >= 15 is 0 Å². The van der Waals surface area contributed by atoms with E-state index in [4.69, 9.17) is 9.47 Å². The largest absolute Gasteiger partial charge is 0.491 e. The average Bonchev–Trinajstić information content (AvgIpc) is 3.54. The molecule has 32 heavy (non-hydrogen) atoms. The topological polar surface area (TPSA) is 58.1 Å². The quantitative estimate of drug-likeness (QED) is 0.376. The molecular weight excluding hydrogens is 400 g/mol. The van der Waals surface area contributed by atoms with Crippen LogP contribution in [0.15, 0.2) is 59.6 Å². The Labute approximate surface area is 191 Å². The summed E-state index contributed by atoms with van der Waals surface area (Å²) in [4.78, 5) is 6.72. The highest BCUT2D eigenvalue weighted by Crippen LogP contribution is 2.22. The summed E-state index contributed by atoms with van der Waals surface area (Å²) in [6, 6.07) is 15.0. The molecule has 2 aromatic rings. The van der Waals surface area contributed by atoms with Crippen LogP contribution >= 0.6 is 0 Å². The van der Waals surface area contributed by atoms with Crippen molar-refractivity contribution in [3.63, 3.8) is 0 Å². The van der Waals surface area contributed by atoms with Crippen LogP contribution in [0, 0.1) is 6.92 Å². The maximum Gasteiger partial charge on any atom is 0.191 e. The van der Waals surface area contributed by atoms with Crippen molar-refractivity contribution in [3.8, 4) is 5.75 Å². The fourth-order valence-electron chi connectivity index (χ4n) is 4.00. The van der Waals surface area contributed by atoms with Crippen LogP contribution in [0.3, 0.4) is 0 Å². The highest BCUT2D eigenvalue weighted by Gasteiger charge is 2.17. The molecule has 1 atom stereocenters. The van der Waals surface area contributed by atoms with Crippen molar-refractivity contribution in [3.05, 3.63) is 71.3 Å². The van der Waals surface area contributed by atoms with Gasteiger partial charge in [-0.15, -0.1) is 0 Å². The van der Waals surface area contributed by atoms with Gasteiger partial charge in [0.05, 0.1) is 6.10 Å². The maximum atomic E-state index is 6.12. The van der Waals surface area contributed by atoms with E-state index < -0.39 is 0 Å². The van der Waals surface area contributed by atoms with Crippen LogP contribution in [0.4, 0.5) is 5.69 Å². The molecule has 6 heteroatoms. The van der Waals surface area contributed by atoms with Crippen molar-refractivity contribution in [1.29, 1.82) is 0 Å². The Morgan fingerprint density at radius 2 is 1.88 bits per heavy atom. The van der Waals surface area contributed by atoms with Gasteiger partial charge in [0.15, 0.2) is 5.96 Å². The Balaban J connectivity index is 1.28. The molecule has 0 aromatic heterocycles. The number of guanidine groups is 1. The Hall–Kier alpha value is -2.99. The van der Waals surface area contributed by atoms with Crippen LogP contribution < -0.4 is 20.3 Å². The van der Waals surface area contributed by atoms with Gasteiger partial charge in [-0.3, -0.25) is 4.99 Å². The molecule has 6 nitrogen and oxygen atoms in total. The third kappa shape index (κ3) is 6.04. The zero-order chi connectivity index (χ0) is 22.2. The van der Waals surface area contributed by atoms with E-state index in [1.807, 2.05) is 0 Å². The SMILES string of the molecule is CN=C(NCc1ccc(N2CC=CC2)cc1)NCc1ccc(C)cc1OCC1CCCO1. The number of benzene rings is 2. The number of rotatable bonds is 8. The van der Waals surface area contributed by atoms with Crippen molar-refractivity contribution in [2.45, 2.75) is 39.0 Å². The summed E-state index contributed by atoms with van der Waals surface area (Å²) in [5.74, 6) is 1.68. The van der Waals surface area contributed by atoms with Gasteiger partial charge in [-0.1, -0.05) is 36.4 Å². The fraction of sp³-hybridized carbons (Fsp3) is 0.423. The summed E-state index contributed by atoms with van der Waals surface area (Å²) in [6.07, 6.45) is 6.82. The first-order valence-corrected chi connectivity index (χ1v) is 11.5. The molecule has 0 bridgehead atoms. The Morgan fingerprint density at radius 1 is 1.09 bits per heavy atom. The lowest BCUT2D eigenvalue weighted by atomic mass is 10.1. The predicted molar refractivity (Wildman–Crippen MR) is 130 cm³/mol. The molecule has 2 aliphatic rings. The Bertz CT molecular complexity index is 925. The highest BCUT2D eigenvalue weighted by atomic mass is 16.5. The Morgan fingerprint density at radius 3 is 2.59 bits per heavy atom. The van der Waals surface area contributed by atoms with Gasteiger partial charge < -0.3 is 25.0 Å². The summed E-state index contributed by atoms with van der Waals surface area (Å²) in [7, 11) is 1.79. The van der Waals surface area contributed by atoms with Gasteiger partial charge in [0.25, 0.3) is 0 Å². The molecule has 0 spiro atoms. The Kier molecular flexibility index (Phi) is 7.67. The van der Waals surface area contributed by atoms with Crippen molar-refractivity contribution >= 4 is 11.6 Å². The van der Waals surface area contributed by atoms with Crippen LogP contribution in [0.2, 0.25) is 0 Å². The van der Waals surface area contributed by atoms with E-state index in [0.717, 1.165) is 49.8 Å². The van der Waals surface area contributed by atoms with Gasteiger partial charge in [0.2, 0.25) is 0 Å². The van der Waals surface area contributed by atoms with Gasteiger partial charge in [0.1, 0.15) is 12.4 Å². The van der Waals surface area contributed by atoms with Crippen molar-refractivity contribution in [2.24, 2.45) is 4.99 Å².